The molecular weight excluding hydrogens is 282 g/mol. The molecule has 5 heteroatoms. The third-order valence-electron chi connectivity index (χ3n) is 2.10. The van der Waals surface area contributed by atoms with Gasteiger partial charge in [0.2, 0.25) is 0 Å². The summed E-state index contributed by atoms with van der Waals surface area (Å²) in [7, 11) is 1.64. The van der Waals surface area contributed by atoms with E-state index in [0.717, 1.165) is 15.8 Å². The number of hydrogen-bond acceptors (Lipinski definition) is 2. The molecule has 0 aliphatic rings. The van der Waals surface area contributed by atoms with E-state index in [9.17, 15) is 0 Å². The first kappa shape index (κ1) is 13.6. The van der Waals surface area contributed by atoms with Crippen LogP contribution in [-0.4, -0.2) is 19.6 Å². The molecule has 0 fully saturated rings. The van der Waals surface area contributed by atoms with Gasteiger partial charge in [0.1, 0.15) is 5.75 Å². The predicted octanol–water partition coefficient (Wildman–Crippen LogP) is 2.05. The molecule has 0 unspecified atom stereocenters. The van der Waals surface area contributed by atoms with Crippen molar-refractivity contribution in [1.29, 1.82) is 0 Å². The number of rotatable bonds is 5. The normalized spacial score (nSPS) is 11.1. The number of nitrogens with two attached hydrogens (primary N) is 1. The summed E-state index contributed by atoms with van der Waals surface area (Å²) >= 11 is 3.46. The molecule has 0 atom stereocenters. The van der Waals surface area contributed by atoms with E-state index in [1.807, 2.05) is 18.2 Å². The second kappa shape index (κ2) is 6.96. The largest absolute Gasteiger partial charge is 0.497 e. The Balaban J connectivity index is 2.70. The SMILES string of the molecule is C=CCNC(N)=NCc1cc(OC)ccc1Br. The molecule has 0 saturated heterocycles. The minimum atomic E-state index is 0.402. The van der Waals surface area contributed by atoms with Crippen molar-refractivity contribution in [3.05, 3.63) is 40.9 Å². The molecule has 0 spiro atoms. The summed E-state index contributed by atoms with van der Waals surface area (Å²) < 4.78 is 6.14. The number of guanidine groups is 1. The fourth-order valence-corrected chi connectivity index (χ4v) is 1.57. The zero-order valence-corrected chi connectivity index (χ0v) is 11.3. The van der Waals surface area contributed by atoms with E-state index in [1.54, 1.807) is 13.2 Å². The van der Waals surface area contributed by atoms with Crippen molar-refractivity contribution >= 4 is 21.9 Å². The van der Waals surface area contributed by atoms with Gasteiger partial charge in [0.25, 0.3) is 0 Å². The summed E-state index contributed by atoms with van der Waals surface area (Å²) in [6, 6.07) is 5.74. The second-order valence-electron chi connectivity index (χ2n) is 3.33. The van der Waals surface area contributed by atoms with E-state index < -0.39 is 0 Å². The summed E-state index contributed by atoms with van der Waals surface area (Å²) in [6.45, 7) is 4.69. The van der Waals surface area contributed by atoms with Crippen molar-refractivity contribution < 1.29 is 4.74 Å². The monoisotopic (exact) mass is 297 g/mol. The Kier molecular flexibility index (Phi) is 5.56. The van der Waals surface area contributed by atoms with Gasteiger partial charge in [-0.2, -0.15) is 0 Å². The third kappa shape index (κ3) is 4.48. The van der Waals surface area contributed by atoms with Crippen molar-refractivity contribution in [2.75, 3.05) is 13.7 Å². The Morgan fingerprint density at radius 1 is 1.65 bits per heavy atom. The van der Waals surface area contributed by atoms with Gasteiger partial charge in [-0.3, -0.25) is 0 Å². The van der Waals surface area contributed by atoms with Crippen molar-refractivity contribution in [1.82, 2.24) is 5.32 Å². The maximum atomic E-state index is 5.67. The minimum Gasteiger partial charge on any atom is -0.497 e. The van der Waals surface area contributed by atoms with Crippen molar-refractivity contribution in [2.24, 2.45) is 10.7 Å². The molecule has 3 N–H and O–H groups in total. The van der Waals surface area contributed by atoms with Crippen LogP contribution in [0.15, 0.2) is 40.3 Å². The number of methoxy groups -OCH3 is 1. The summed E-state index contributed by atoms with van der Waals surface area (Å²) in [4.78, 5) is 4.22. The zero-order valence-electron chi connectivity index (χ0n) is 9.74. The third-order valence-corrected chi connectivity index (χ3v) is 2.87. The second-order valence-corrected chi connectivity index (χ2v) is 4.18. The van der Waals surface area contributed by atoms with Gasteiger partial charge in [0.05, 0.1) is 13.7 Å². The van der Waals surface area contributed by atoms with Crippen LogP contribution < -0.4 is 15.8 Å². The van der Waals surface area contributed by atoms with Crippen molar-refractivity contribution in [3.8, 4) is 5.75 Å². The van der Waals surface area contributed by atoms with Crippen LogP contribution in [0.4, 0.5) is 0 Å². The number of benzene rings is 1. The molecule has 0 radical (unpaired) electrons. The first-order valence-corrected chi connectivity index (χ1v) is 5.93. The fraction of sp³-hybridized carbons (Fsp3) is 0.250. The molecular formula is C12H16BrN3O. The van der Waals surface area contributed by atoms with Crippen LogP contribution in [0, 0.1) is 0 Å². The van der Waals surface area contributed by atoms with Gasteiger partial charge in [-0.05, 0) is 23.8 Å². The van der Waals surface area contributed by atoms with E-state index >= 15 is 0 Å². The Morgan fingerprint density at radius 2 is 2.41 bits per heavy atom. The van der Waals surface area contributed by atoms with Gasteiger partial charge >= 0.3 is 0 Å². The van der Waals surface area contributed by atoms with Gasteiger partial charge in [0.15, 0.2) is 5.96 Å². The average molecular weight is 298 g/mol. The molecule has 0 aliphatic heterocycles. The minimum absolute atomic E-state index is 0.402. The first-order valence-electron chi connectivity index (χ1n) is 5.14. The Morgan fingerprint density at radius 3 is 3.06 bits per heavy atom. The number of nitrogens with zero attached hydrogens (tertiary/aromatic N) is 1. The van der Waals surface area contributed by atoms with Crippen molar-refractivity contribution in [2.45, 2.75) is 6.54 Å². The highest BCUT2D eigenvalue weighted by atomic mass is 79.9. The lowest BCUT2D eigenvalue weighted by molar-refractivity contribution is 0.414. The fourth-order valence-electron chi connectivity index (χ4n) is 1.20. The number of hydrogen-bond donors (Lipinski definition) is 2. The smallest absolute Gasteiger partial charge is 0.189 e. The molecule has 92 valence electrons. The van der Waals surface area contributed by atoms with Crippen LogP contribution in [-0.2, 0) is 6.54 Å². The van der Waals surface area contributed by atoms with Gasteiger partial charge in [-0.15, -0.1) is 6.58 Å². The van der Waals surface area contributed by atoms with Crippen LogP contribution in [0.2, 0.25) is 0 Å². The Hall–Kier alpha value is -1.49. The maximum absolute atomic E-state index is 5.67. The van der Waals surface area contributed by atoms with E-state index in [1.165, 1.54) is 0 Å². The molecule has 0 heterocycles. The Labute approximate surface area is 110 Å². The van der Waals surface area contributed by atoms with Crippen LogP contribution in [0.3, 0.4) is 0 Å². The van der Waals surface area contributed by atoms with Crippen LogP contribution in [0.25, 0.3) is 0 Å². The summed E-state index contributed by atoms with van der Waals surface area (Å²) in [6.07, 6.45) is 1.73. The molecule has 0 aromatic heterocycles. The molecule has 0 bridgehead atoms. The van der Waals surface area contributed by atoms with Crippen LogP contribution in [0.1, 0.15) is 5.56 Å². The maximum Gasteiger partial charge on any atom is 0.189 e. The zero-order chi connectivity index (χ0) is 12.7. The van der Waals surface area contributed by atoms with E-state index in [2.05, 4.69) is 32.8 Å². The highest BCUT2D eigenvalue weighted by molar-refractivity contribution is 9.10. The number of halogens is 1. The molecule has 0 saturated carbocycles. The van der Waals surface area contributed by atoms with E-state index in [4.69, 9.17) is 10.5 Å². The number of aliphatic imine (C=N–C) groups is 1. The standard InChI is InChI=1S/C12H16BrN3O/c1-3-6-15-12(14)16-8-9-7-10(17-2)4-5-11(9)13/h3-5,7H,1,6,8H2,2H3,(H3,14,15,16). The highest BCUT2D eigenvalue weighted by Gasteiger charge is 2.01. The molecule has 4 nitrogen and oxygen atoms in total. The van der Waals surface area contributed by atoms with Crippen molar-refractivity contribution in [3.63, 3.8) is 0 Å². The Bertz CT molecular complexity index is 418. The lowest BCUT2D eigenvalue weighted by Crippen LogP contribution is -2.31. The number of ether oxygens (including phenoxy) is 1. The molecule has 1 rings (SSSR count). The molecule has 0 amide bonds. The van der Waals surface area contributed by atoms with Crippen LogP contribution in [0.5, 0.6) is 5.75 Å². The van der Waals surface area contributed by atoms with Gasteiger partial charge in [-0.25, -0.2) is 4.99 Å². The van der Waals surface area contributed by atoms with E-state index in [0.29, 0.717) is 19.0 Å². The molecule has 0 aliphatic carbocycles. The quantitative estimate of drug-likeness (QED) is 0.497. The molecule has 1 aromatic carbocycles. The summed E-state index contributed by atoms with van der Waals surface area (Å²) in [5.74, 6) is 1.20. The summed E-state index contributed by atoms with van der Waals surface area (Å²) in [5.41, 5.74) is 6.69. The topological polar surface area (TPSA) is 59.6 Å². The van der Waals surface area contributed by atoms with Gasteiger partial charge in [-0.1, -0.05) is 22.0 Å². The highest BCUT2D eigenvalue weighted by Crippen LogP contribution is 2.22. The number of nitrogens with one attached hydrogen (secondary N) is 1. The van der Waals surface area contributed by atoms with E-state index in [-0.39, 0.29) is 0 Å². The molecule has 1 aromatic rings. The van der Waals surface area contributed by atoms with Gasteiger partial charge in [0, 0.05) is 11.0 Å². The van der Waals surface area contributed by atoms with Crippen LogP contribution >= 0.6 is 15.9 Å². The molecule has 17 heavy (non-hydrogen) atoms. The summed E-state index contributed by atoms with van der Waals surface area (Å²) in [5, 5.41) is 2.91. The first-order chi connectivity index (χ1) is 8.17. The average Bonchev–Trinajstić information content (AvgIpc) is 2.35. The lowest BCUT2D eigenvalue weighted by Gasteiger charge is -2.06. The lowest BCUT2D eigenvalue weighted by atomic mass is 10.2. The van der Waals surface area contributed by atoms with Gasteiger partial charge < -0.3 is 15.8 Å². The predicted molar refractivity (Wildman–Crippen MR) is 74.2 cm³/mol.